The van der Waals surface area contributed by atoms with Crippen molar-refractivity contribution in [1.29, 1.82) is 0 Å². The number of thiazole rings is 1. The number of carbonyl (C=O) groups is 2. The topological polar surface area (TPSA) is 65.5 Å². The van der Waals surface area contributed by atoms with Crippen LogP contribution >= 0.6 is 11.3 Å². The minimum Gasteiger partial charge on any atom is -0.337 e. The van der Waals surface area contributed by atoms with Gasteiger partial charge in [-0.2, -0.15) is 0 Å². The van der Waals surface area contributed by atoms with Crippen molar-refractivity contribution in [1.82, 2.24) is 14.8 Å². The molecule has 1 aliphatic heterocycles. The number of carbonyl (C=O) groups excluding carboxylic acids is 2. The van der Waals surface area contributed by atoms with E-state index >= 15 is 0 Å². The highest BCUT2D eigenvalue weighted by Crippen LogP contribution is 2.24. The number of hydrogen-bond donors (Lipinski definition) is 1. The summed E-state index contributed by atoms with van der Waals surface area (Å²) in [4.78, 5) is 34.1. The van der Waals surface area contributed by atoms with Crippen LogP contribution in [0.4, 0.5) is 10.5 Å². The zero-order valence-electron chi connectivity index (χ0n) is 19.8. The predicted octanol–water partition coefficient (Wildman–Crippen LogP) is 5.68. The molecular formula is C27H32N4O2S. The van der Waals surface area contributed by atoms with Gasteiger partial charge in [0.25, 0.3) is 5.91 Å². The first-order valence-corrected chi connectivity index (χ1v) is 12.8. The average Bonchev–Trinajstić information content (AvgIpc) is 3.32. The Balaban J connectivity index is 1.32. The van der Waals surface area contributed by atoms with Crippen LogP contribution in [0.3, 0.4) is 0 Å². The Morgan fingerprint density at radius 2 is 1.71 bits per heavy atom. The van der Waals surface area contributed by atoms with Crippen LogP contribution in [-0.4, -0.2) is 45.9 Å². The summed E-state index contributed by atoms with van der Waals surface area (Å²) in [5.74, 6) is 0.602. The van der Waals surface area contributed by atoms with Crippen molar-refractivity contribution in [2.45, 2.75) is 45.7 Å². The Morgan fingerprint density at radius 3 is 2.35 bits per heavy atom. The number of anilines is 1. The monoisotopic (exact) mass is 476 g/mol. The molecule has 1 fully saturated rings. The molecule has 0 unspecified atom stereocenters. The summed E-state index contributed by atoms with van der Waals surface area (Å²) in [5.41, 5.74) is 2.60. The molecule has 3 amide bonds. The minimum atomic E-state index is -0.176. The van der Waals surface area contributed by atoms with Gasteiger partial charge in [-0.25, -0.2) is 9.78 Å². The number of piperidine rings is 1. The highest BCUT2D eigenvalue weighted by molar-refractivity contribution is 7.09. The lowest BCUT2D eigenvalue weighted by atomic mass is 9.90. The Kier molecular flexibility index (Phi) is 7.95. The molecule has 178 valence electrons. The first kappa shape index (κ1) is 24.0. The summed E-state index contributed by atoms with van der Waals surface area (Å²) in [6.45, 7) is 5.85. The number of urea groups is 1. The molecule has 3 aromatic rings. The lowest BCUT2D eigenvalue weighted by molar-refractivity contribution is 0.0685. The van der Waals surface area contributed by atoms with Crippen molar-refractivity contribution in [3.63, 3.8) is 0 Å². The fourth-order valence-corrected chi connectivity index (χ4v) is 5.05. The maximum absolute atomic E-state index is 13.0. The van der Waals surface area contributed by atoms with Gasteiger partial charge < -0.3 is 15.1 Å². The van der Waals surface area contributed by atoms with Crippen LogP contribution in [0.5, 0.6) is 0 Å². The van der Waals surface area contributed by atoms with Crippen LogP contribution in [0, 0.1) is 5.92 Å². The highest BCUT2D eigenvalue weighted by atomic mass is 32.1. The van der Waals surface area contributed by atoms with Crippen LogP contribution in [0.1, 0.15) is 47.7 Å². The van der Waals surface area contributed by atoms with Crippen LogP contribution in [-0.2, 0) is 13.0 Å². The minimum absolute atomic E-state index is 0.00425. The van der Waals surface area contributed by atoms with E-state index in [0.29, 0.717) is 18.2 Å². The molecule has 6 nitrogen and oxygen atoms in total. The van der Waals surface area contributed by atoms with Crippen molar-refractivity contribution in [2.24, 2.45) is 5.92 Å². The Bertz CT molecular complexity index is 1080. The van der Waals surface area contributed by atoms with E-state index in [1.165, 1.54) is 16.9 Å². The molecule has 0 radical (unpaired) electrons. The van der Waals surface area contributed by atoms with Gasteiger partial charge in [0.2, 0.25) is 0 Å². The van der Waals surface area contributed by atoms with Crippen LogP contribution in [0.2, 0.25) is 0 Å². The van der Waals surface area contributed by atoms with Gasteiger partial charge in [-0.05, 0) is 56.7 Å². The molecule has 0 bridgehead atoms. The summed E-state index contributed by atoms with van der Waals surface area (Å²) in [5, 5.41) is 5.52. The van der Waals surface area contributed by atoms with Crippen molar-refractivity contribution in [3.05, 3.63) is 82.3 Å². The number of amides is 3. The molecular weight excluding hydrogens is 444 g/mol. The summed E-state index contributed by atoms with van der Waals surface area (Å²) >= 11 is 1.43. The summed E-state index contributed by atoms with van der Waals surface area (Å²) in [6, 6.07) is 19.8. The van der Waals surface area contributed by atoms with Gasteiger partial charge in [-0.1, -0.05) is 48.5 Å². The van der Waals surface area contributed by atoms with E-state index in [1.807, 2.05) is 60.5 Å². The largest absolute Gasteiger partial charge is 0.337 e. The van der Waals surface area contributed by atoms with Crippen molar-refractivity contribution >= 4 is 29.0 Å². The zero-order chi connectivity index (χ0) is 23.9. The molecule has 2 aromatic carbocycles. The lowest BCUT2D eigenvalue weighted by Gasteiger charge is -2.31. The van der Waals surface area contributed by atoms with E-state index in [-0.39, 0.29) is 18.0 Å². The molecule has 0 spiro atoms. The third kappa shape index (κ3) is 6.23. The molecule has 0 aliphatic carbocycles. The van der Waals surface area contributed by atoms with E-state index in [2.05, 4.69) is 34.6 Å². The quantitative estimate of drug-likeness (QED) is 0.477. The van der Waals surface area contributed by atoms with E-state index < -0.39 is 0 Å². The number of nitrogens with zero attached hydrogens (tertiary/aromatic N) is 3. The third-order valence-corrected chi connectivity index (χ3v) is 7.09. The SMILES string of the molecule is CC(C)N(Cc1nc(C(=O)N2CCC(Cc3ccccc3)CC2)cs1)C(=O)Nc1ccccc1. The van der Waals surface area contributed by atoms with Crippen LogP contribution in [0.15, 0.2) is 66.0 Å². The lowest BCUT2D eigenvalue weighted by Crippen LogP contribution is -2.40. The average molecular weight is 477 g/mol. The normalized spacial score (nSPS) is 14.3. The molecule has 1 aliphatic rings. The first-order chi connectivity index (χ1) is 16.5. The maximum atomic E-state index is 13.0. The summed E-state index contributed by atoms with van der Waals surface area (Å²) in [7, 11) is 0. The van der Waals surface area contributed by atoms with Gasteiger partial charge in [0.15, 0.2) is 0 Å². The fraction of sp³-hybridized carbons (Fsp3) is 0.370. The number of benzene rings is 2. The number of para-hydroxylation sites is 1. The van der Waals surface area contributed by atoms with Gasteiger partial charge in [0.05, 0.1) is 6.54 Å². The second-order valence-corrected chi connectivity index (χ2v) is 10.0. The van der Waals surface area contributed by atoms with Crippen molar-refractivity contribution in [2.75, 3.05) is 18.4 Å². The first-order valence-electron chi connectivity index (χ1n) is 11.9. The second kappa shape index (κ2) is 11.3. The van der Waals surface area contributed by atoms with Gasteiger partial charge in [0.1, 0.15) is 10.7 Å². The summed E-state index contributed by atoms with van der Waals surface area (Å²) < 4.78 is 0. The predicted molar refractivity (Wildman–Crippen MR) is 137 cm³/mol. The van der Waals surface area contributed by atoms with Crippen molar-refractivity contribution < 1.29 is 9.59 Å². The van der Waals surface area contributed by atoms with Gasteiger partial charge >= 0.3 is 6.03 Å². The molecule has 2 heterocycles. The molecule has 1 saturated heterocycles. The van der Waals surface area contributed by atoms with Gasteiger partial charge in [0, 0.05) is 30.2 Å². The maximum Gasteiger partial charge on any atom is 0.322 e. The molecule has 0 atom stereocenters. The second-order valence-electron chi connectivity index (χ2n) is 9.07. The fourth-order valence-electron chi connectivity index (χ4n) is 4.28. The smallest absolute Gasteiger partial charge is 0.322 e. The molecule has 0 saturated carbocycles. The highest BCUT2D eigenvalue weighted by Gasteiger charge is 2.26. The van der Waals surface area contributed by atoms with Gasteiger partial charge in [-0.15, -0.1) is 11.3 Å². The van der Waals surface area contributed by atoms with E-state index in [9.17, 15) is 9.59 Å². The van der Waals surface area contributed by atoms with Crippen LogP contribution in [0.25, 0.3) is 0 Å². The molecule has 1 N–H and O–H groups in total. The number of hydrogen-bond acceptors (Lipinski definition) is 4. The Labute approximate surface area is 205 Å². The van der Waals surface area contributed by atoms with E-state index in [0.717, 1.165) is 43.0 Å². The standard InChI is InChI=1S/C27H32N4O2S/c1-20(2)31(27(33)28-23-11-7-4-8-12-23)18-25-29-24(19-34-25)26(32)30-15-13-22(14-16-30)17-21-9-5-3-6-10-21/h3-12,19-20,22H,13-18H2,1-2H3,(H,28,33). The Morgan fingerprint density at radius 1 is 1.06 bits per heavy atom. The molecule has 7 heteroatoms. The van der Waals surface area contributed by atoms with Crippen molar-refractivity contribution in [3.8, 4) is 0 Å². The number of nitrogens with one attached hydrogen (secondary N) is 1. The third-order valence-electron chi connectivity index (χ3n) is 6.25. The van der Waals surface area contributed by atoms with Gasteiger partial charge in [-0.3, -0.25) is 4.79 Å². The zero-order valence-corrected chi connectivity index (χ0v) is 20.6. The number of likely N-dealkylation sites (tertiary alicyclic amines) is 1. The molecule has 34 heavy (non-hydrogen) atoms. The Hall–Kier alpha value is -3.19. The molecule has 4 rings (SSSR count). The molecule has 1 aromatic heterocycles. The van der Waals surface area contributed by atoms with E-state index in [1.54, 1.807) is 4.90 Å². The number of aromatic nitrogens is 1. The number of rotatable bonds is 7. The summed E-state index contributed by atoms with van der Waals surface area (Å²) in [6.07, 6.45) is 3.09. The van der Waals surface area contributed by atoms with E-state index in [4.69, 9.17) is 0 Å². The van der Waals surface area contributed by atoms with Crippen LogP contribution < -0.4 is 5.32 Å².